The molecule has 4 aliphatic carbocycles. The zero-order valence-corrected chi connectivity index (χ0v) is 18.6. The van der Waals surface area contributed by atoms with Crippen LogP contribution in [0.25, 0.3) is 27.3 Å². The zero-order chi connectivity index (χ0) is 22.0. The maximum atomic E-state index is 15.8. The minimum Gasteiger partial charge on any atom is -0.364 e. The third-order valence-electron chi connectivity index (χ3n) is 7.79. The smallest absolute Gasteiger partial charge is 0.219 e. The van der Waals surface area contributed by atoms with Crippen molar-refractivity contribution in [3.8, 4) is 11.3 Å². The molecular formula is C24H24ClFN6. The van der Waals surface area contributed by atoms with Crippen LogP contribution in [0.5, 0.6) is 0 Å². The molecule has 4 fully saturated rings. The van der Waals surface area contributed by atoms with Crippen molar-refractivity contribution in [1.82, 2.24) is 19.9 Å². The van der Waals surface area contributed by atoms with E-state index in [0.717, 1.165) is 12.8 Å². The number of hydrogen-bond donors (Lipinski definition) is 2. The first-order valence-corrected chi connectivity index (χ1v) is 11.8. The largest absolute Gasteiger partial charge is 0.364 e. The molecule has 32 heavy (non-hydrogen) atoms. The normalized spacial score (nSPS) is 26.9. The van der Waals surface area contributed by atoms with Crippen LogP contribution in [0.2, 0.25) is 5.15 Å². The molecule has 0 aliphatic heterocycles. The monoisotopic (exact) mass is 450 g/mol. The van der Waals surface area contributed by atoms with Gasteiger partial charge in [0, 0.05) is 23.4 Å². The molecule has 4 saturated carbocycles. The van der Waals surface area contributed by atoms with Crippen LogP contribution in [-0.2, 0) is 0 Å². The average Bonchev–Trinajstić information content (AvgIpc) is 3.56. The van der Waals surface area contributed by atoms with Gasteiger partial charge >= 0.3 is 0 Å². The van der Waals surface area contributed by atoms with Crippen LogP contribution in [0.3, 0.4) is 0 Å². The number of aromatic nitrogens is 4. The molecule has 2 atom stereocenters. The standard InChI is InChI=1S/C24H24ClFN6/c1-11-12-3-7-14(8-4-12)19(11)31-23-18(26)17(13-5-6-13)22(27-2)20(32-23)15-9-28-24-21(15)30-16(25)10-29-24/h9-14,19H,3-8H2,1H3,(H,28,29)(H,31,32). The summed E-state index contributed by atoms with van der Waals surface area (Å²) >= 11 is 6.10. The highest BCUT2D eigenvalue weighted by Gasteiger charge is 2.42. The summed E-state index contributed by atoms with van der Waals surface area (Å²) in [6.45, 7) is 10.1. The Morgan fingerprint density at radius 3 is 2.59 bits per heavy atom. The van der Waals surface area contributed by atoms with Crippen molar-refractivity contribution in [2.75, 3.05) is 5.32 Å². The van der Waals surface area contributed by atoms with Gasteiger partial charge in [-0.15, -0.1) is 0 Å². The quantitative estimate of drug-likeness (QED) is 0.446. The van der Waals surface area contributed by atoms with Gasteiger partial charge in [0.1, 0.15) is 10.7 Å². The Balaban J connectivity index is 1.51. The van der Waals surface area contributed by atoms with Gasteiger partial charge in [0.15, 0.2) is 17.3 Å². The number of H-pyrrole nitrogens is 1. The summed E-state index contributed by atoms with van der Waals surface area (Å²) in [5.74, 6) is 1.69. The Morgan fingerprint density at radius 1 is 1.16 bits per heavy atom. The first-order chi connectivity index (χ1) is 15.5. The highest BCUT2D eigenvalue weighted by molar-refractivity contribution is 6.29. The fourth-order valence-electron chi connectivity index (χ4n) is 5.92. The summed E-state index contributed by atoms with van der Waals surface area (Å²) in [7, 11) is 0. The predicted molar refractivity (Wildman–Crippen MR) is 122 cm³/mol. The number of hydrogen-bond acceptors (Lipinski definition) is 4. The maximum Gasteiger partial charge on any atom is 0.219 e. The van der Waals surface area contributed by atoms with Gasteiger partial charge in [0.2, 0.25) is 5.69 Å². The zero-order valence-electron chi connectivity index (χ0n) is 17.8. The molecule has 2 bridgehead atoms. The van der Waals surface area contributed by atoms with Crippen molar-refractivity contribution in [2.45, 2.75) is 57.4 Å². The van der Waals surface area contributed by atoms with Crippen LogP contribution in [0.1, 0.15) is 56.9 Å². The molecular weight excluding hydrogens is 427 g/mol. The number of pyridine rings is 1. The van der Waals surface area contributed by atoms with E-state index < -0.39 is 0 Å². The van der Waals surface area contributed by atoms with E-state index in [2.05, 4.69) is 32.0 Å². The minimum absolute atomic E-state index is 0.0708. The maximum absolute atomic E-state index is 15.8. The van der Waals surface area contributed by atoms with Crippen molar-refractivity contribution in [3.63, 3.8) is 0 Å². The van der Waals surface area contributed by atoms with E-state index in [1.54, 1.807) is 6.20 Å². The fraction of sp³-hybridized carbons (Fsp3) is 0.500. The van der Waals surface area contributed by atoms with Crippen LogP contribution in [0, 0.1) is 30.1 Å². The molecule has 3 aromatic rings. The molecule has 2 unspecified atom stereocenters. The molecule has 164 valence electrons. The van der Waals surface area contributed by atoms with Gasteiger partial charge in [-0.05, 0) is 62.2 Å². The Bertz CT molecular complexity index is 1250. The van der Waals surface area contributed by atoms with Crippen LogP contribution >= 0.6 is 11.6 Å². The molecule has 3 aromatic heterocycles. The van der Waals surface area contributed by atoms with Gasteiger partial charge in [0.25, 0.3) is 0 Å². The van der Waals surface area contributed by atoms with Crippen LogP contribution in [-0.4, -0.2) is 26.0 Å². The number of rotatable bonds is 4. The molecule has 3 heterocycles. The number of anilines is 1. The van der Waals surface area contributed by atoms with E-state index in [-0.39, 0.29) is 34.4 Å². The molecule has 0 saturated heterocycles. The van der Waals surface area contributed by atoms with Crippen molar-refractivity contribution < 1.29 is 4.39 Å². The average molecular weight is 451 g/mol. The topological polar surface area (TPSA) is 70.8 Å². The molecule has 6 nitrogen and oxygen atoms in total. The van der Waals surface area contributed by atoms with E-state index in [1.807, 2.05) is 0 Å². The summed E-state index contributed by atoms with van der Waals surface area (Å²) < 4.78 is 15.8. The summed E-state index contributed by atoms with van der Waals surface area (Å²) in [5, 5.41) is 3.77. The Kier molecular flexibility index (Phi) is 4.62. The Morgan fingerprint density at radius 2 is 1.91 bits per heavy atom. The van der Waals surface area contributed by atoms with Gasteiger partial charge in [-0.2, -0.15) is 0 Å². The van der Waals surface area contributed by atoms with E-state index in [1.165, 1.54) is 31.9 Å². The van der Waals surface area contributed by atoms with Gasteiger partial charge in [-0.3, -0.25) is 0 Å². The van der Waals surface area contributed by atoms with Crippen LogP contribution < -0.4 is 5.32 Å². The van der Waals surface area contributed by atoms with Gasteiger partial charge in [0.05, 0.1) is 18.5 Å². The number of halogens is 2. The second-order valence-corrected chi connectivity index (χ2v) is 9.95. The molecule has 2 N–H and O–H groups in total. The second-order valence-electron chi connectivity index (χ2n) is 9.57. The number of fused-ring (bicyclic) bond motifs is 4. The number of nitrogens with one attached hydrogen (secondary N) is 2. The third-order valence-corrected chi connectivity index (χ3v) is 7.97. The molecule has 0 amide bonds. The molecule has 0 aromatic carbocycles. The third kappa shape index (κ3) is 3.07. The van der Waals surface area contributed by atoms with Crippen LogP contribution in [0.4, 0.5) is 15.9 Å². The first-order valence-electron chi connectivity index (χ1n) is 11.4. The molecule has 0 spiro atoms. The van der Waals surface area contributed by atoms with Gasteiger partial charge < -0.3 is 10.3 Å². The highest BCUT2D eigenvalue weighted by atomic mass is 35.5. The summed E-state index contributed by atoms with van der Waals surface area (Å²) in [6, 6.07) is 0.209. The SMILES string of the molecule is [C-]#[N+]c1c(-c2c[nH]c3ncc(Cl)nc23)nc(NC2C3CCC(CC3)C2C)c(F)c1C1CC1. The second kappa shape index (κ2) is 7.41. The summed E-state index contributed by atoms with van der Waals surface area (Å²) in [6.07, 6.45) is 9.91. The highest BCUT2D eigenvalue weighted by Crippen LogP contribution is 2.51. The van der Waals surface area contributed by atoms with Crippen LogP contribution in [0.15, 0.2) is 12.4 Å². The van der Waals surface area contributed by atoms with Gasteiger partial charge in [-0.25, -0.2) is 24.2 Å². The lowest BCUT2D eigenvalue weighted by Crippen LogP contribution is -2.47. The first kappa shape index (κ1) is 19.9. The summed E-state index contributed by atoms with van der Waals surface area (Å²) in [5.41, 5.74) is 2.94. The van der Waals surface area contributed by atoms with Gasteiger partial charge in [-0.1, -0.05) is 18.5 Å². The Labute approximate surface area is 190 Å². The van der Waals surface area contributed by atoms with Crippen molar-refractivity contribution in [3.05, 3.63) is 40.3 Å². The molecule has 8 heteroatoms. The lowest BCUT2D eigenvalue weighted by molar-refractivity contribution is 0.0926. The lowest BCUT2D eigenvalue weighted by atomic mass is 9.62. The Hall–Kier alpha value is -2.72. The molecule has 4 aliphatic rings. The minimum atomic E-state index is -0.361. The number of nitrogens with zero attached hydrogens (tertiary/aromatic N) is 4. The van der Waals surface area contributed by atoms with Crippen molar-refractivity contribution in [2.24, 2.45) is 17.8 Å². The fourth-order valence-corrected chi connectivity index (χ4v) is 6.06. The molecule has 0 radical (unpaired) electrons. The van der Waals surface area contributed by atoms with E-state index in [9.17, 15) is 0 Å². The van der Waals surface area contributed by atoms with E-state index in [4.69, 9.17) is 23.2 Å². The van der Waals surface area contributed by atoms with E-state index in [0.29, 0.717) is 45.7 Å². The lowest BCUT2D eigenvalue weighted by Gasteiger charge is -2.47. The van der Waals surface area contributed by atoms with Crippen molar-refractivity contribution in [1.29, 1.82) is 0 Å². The van der Waals surface area contributed by atoms with E-state index >= 15 is 4.39 Å². The molecule has 7 rings (SSSR count). The van der Waals surface area contributed by atoms with Crippen molar-refractivity contribution >= 4 is 34.3 Å². The summed E-state index contributed by atoms with van der Waals surface area (Å²) in [4.78, 5) is 20.2. The predicted octanol–water partition coefficient (Wildman–Crippen LogP) is 6.48. The number of aromatic amines is 1.